The standard InChI is InChI=1S/C18H17N5O3S/c1-22-12-20-21-18(22)27-16-8-7-14(11-15(16)23(25)26)17(24)19-10-9-13-5-3-2-4-6-13/h2-8,11-12H,9-10H2,1H3,(H,19,24). The normalized spacial score (nSPS) is 10.6. The molecular weight excluding hydrogens is 366 g/mol. The number of nitrogens with zero attached hydrogens (tertiary/aromatic N) is 4. The van der Waals surface area contributed by atoms with E-state index in [1.54, 1.807) is 23.7 Å². The topological polar surface area (TPSA) is 103 Å². The van der Waals surface area contributed by atoms with E-state index in [-0.39, 0.29) is 17.2 Å². The molecule has 0 fully saturated rings. The third-order valence-corrected chi connectivity index (χ3v) is 4.95. The molecule has 27 heavy (non-hydrogen) atoms. The van der Waals surface area contributed by atoms with Crippen LogP contribution in [0.15, 0.2) is 64.9 Å². The Labute approximate surface area is 159 Å². The Morgan fingerprint density at radius 2 is 2.04 bits per heavy atom. The molecule has 2 aromatic carbocycles. The van der Waals surface area contributed by atoms with E-state index in [1.807, 2.05) is 30.3 Å². The molecule has 1 heterocycles. The third kappa shape index (κ3) is 4.70. The Balaban J connectivity index is 1.70. The summed E-state index contributed by atoms with van der Waals surface area (Å²) in [6.07, 6.45) is 2.21. The summed E-state index contributed by atoms with van der Waals surface area (Å²) in [5.74, 6) is -0.343. The van der Waals surface area contributed by atoms with Crippen molar-refractivity contribution in [2.75, 3.05) is 6.54 Å². The van der Waals surface area contributed by atoms with Gasteiger partial charge in [0.2, 0.25) is 0 Å². The van der Waals surface area contributed by atoms with Crippen LogP contribution in [0.4, 0.5) is 5.69 Å². The molecular formula is C18H17N5O3S. The van der Waals surface area contributed by atoms with Crippen LogP contribution in [0.5, 0.6) is 0 Å². The number of benzene rings is 2. The van der Waals surface area contributed by atoms with Crippen molar-refractivity contribution < 1.29 is 9.72 Å². The number of hydrogen-bond acceptors (Lipinski definition) is 6. The lowest BCUT2D eigenvalue weighted by atomic mass is 10.1. The highest BCUT2D eigenvalue weighted by molar-refractivity contribution is 7.99. The summed E-state index contributed by atoms with van der Waals surface area (Å²) in [5, 5.41) is 22.4. The molecule has 3 aromatic rings. The van der Waals surface area contributed by atoms with Crippen LogP contribution < -0.4 is 5.32 Å². The van der Waals surface area contributed by atoms with Crippen molar-refractivity contribution in [1.82, 2.24) is 20.1 Å². The average molecular weight is 383 g/mol. The smallest absolute Gasteiger partial charge is 0.284 e. The molecule has 8 nitrogen and oxygen atoms in total. The van der Waals surface area contributed by atoms with Gasteiger partial charge in [-0.25, -0.2) is 0 Å². The number of hydrogen-bond donors (Lipinski definition) is 1. The van der Waals surface area contributed by atoms with Crippen LogP contribution >= 0.6 is 11.8 Å². The van der Waals surface area contributed by atoms with Crippen molar-refractivity contribution in [3.8, 4) is 0 Å². The molecule has 1 aromatic heterocycles. The predicted octanol–water partition coefficient (Wildman–Crippen LogP) is 2.85. The number of amides is 1. The van der Waals surface area contributed by atoms with Gasteiger partial charge in [0.1, 0.15) is 6.33 Å². The summed E-state index contributed by atoms with van der Waals surface area (Å²) < 4.78 is 1.67. The Kier molecular flexibility index (Phi) is 5.82. The summed E-state index contributed by atoms with van der Waals surface area (Å²) in [5.41, 5.74) is 1.22. The molecule has 0 radical (unpaired) electrons. The highest BCUT2D eigenvalue weighted by Crippen LogP contribution is 2.34. The Hall–Kier alpha value is -3.20. The summed E-state index contributed by atoms with van der Waals surface area (Å²) in [6, 6.07) is 14.2. The highest BCUT2D eigenvalue weighted by atomic mass is 32.2. The lowest BCUT2D eigenvalue weighted by Gasteiger charge is -2.07. The Bertz CT molecular complexity index is 959. The molecule has 3 rings (SSSR count). The lowest BCUT2D eigenvalue weighted by molar-refractivity contribution is -0.387. The molecule has 0 saturated heterocycles. The van der Waals surface area contributed by atoms with Gasteiger partial charge in [0, 0.05) is 25.2 Å². The quantitative estimate of drug-likeness (QED) is 0.497. The number of rotatable bonds is 7. The molecule has 0 aliphatic carbocycles. The molecule has 0 saturated carbocycles. The number of aromatic nitrogens is 3. The van der Waals surface area contributed by atoms with Gasteiger partial charge in [-0.2, -0.15) is 0 Å². The predicted molar refractivity (Wildman–Crippen MR) is 101 cm³/mol. The first-order chi connectivity index (χ1) is 13.0. The SMILES string of the molecule is Cn1cnnc1Sc1ccc(C(=O)NCCc2ccccc2)cc1[N+](=O)[O-]. The van der Waals surface area contributed by atoms with Crippen molar-refractivity contribution in [2.24, 2.45) is 7.05 Å². The van der Waals surface area contributed by atoms with Crippen LogP contribution in [0.3, 0.4) is 0 Å². The summed E-state index contributed by atoms with van der Waals surface area (Å²) >= 11 is 1.13. The first kappa shape index (κ1) is 18.6. The molecule has 0 bridgehead atoms. The van der Waals surface area contributed by atoms with E-state index in [9.17, 15) is 14.9 Å². The van der Waals surface area contributed by atoms with Crippen LogP contribution in [-0.2, 0) is 13.5 Å². The molecule has 0 aliphatic rings. The molecule has 1 N–H and O–H groups in total. The van der Waals surface area contributed by atoms with Gasteiger partial charge in [-0.05, 0) is 35.9 Å². The second kappa shape index (κ2) is 8.45. The van der Waals surface area contributed by atoms with Gasteiger partial charge in [-0.15, -0.1) is 10.2 Å². The van der Waals surface area contributed by atoms with E-state index in [1.165, 1.54) is 12.4 Å². The minimum atomic E-state index is -0.501. The third-order valence-electron chi connectivity index (χ3n) is 3.83. The molecule has 0 aliphatic heterocycles. The number of carbonyl (C=O) groups is 1. The fourth-order valence-electron chi connectivity index (χ4n) is 2.42. The van der Waals surface area contributed by atoms with Crippen LogP contribution in [0, 0.1) is 10.1 Å². The molecule has 9 heteroatoms. The average Bonchev–Trinajstić information content (AvgIpc) is 3.07. The molecule has 0 spiro atoms. The van der Waals surface area contributed by atoms with Gasteiger partial charge >= 0.3 is 0 Å². The van der Waals surface area contributed by atoms with E-state index in [0.717, 1.165) is 17.3 Å². The zero-order valence-corrected chi connectivity index (χ0v) is 15.3. The first-order valence-corrected chi connectivity index (χ1v) is 8.98. The molecule has 1 amide bonds. The van der Waals surface area contributed by atoms with Gasteiger partial charge in [0.15, 0.2) is 5.16 Å². The maximum atomic E-state index is 12.3. The van der Waals surface area contributed by atoms with Crippen LogP contribution in [0.1, 0.15) is 15.9 Å². The van der Waals surface area contributed by atoms with Crippen molar-refractivity contribution in [3.05, 3.63) is 76.1 Å². The highest BCUT2D eigenvalue weighted by Gasteiger charge is 2.20. The number of nitrogens with one attached hydrogen (secondary N) is 1. The maximum Gasteiger partial charge on any atom is 0.284 e. The van der Waals surface area contributed by atoms with Crippen LogP contribution in [-0.4, -0.2) is 32.1 Å². The first-order valence-electron chi connectivity index (χ1n) is 8.17. The summed E-state index contributed by atoms with van der Waals surface area (Å²) in [7, 11) is 1.75. The number of nitro benzene ring substituents is 1. The van der Waals surface area contributed by atoms with Crippen LogP contribution in [0.2, 0.25) is 0 Å². The van der Waals surface area contributed by atoms with E-state index < -0.39 is 4.92 Å². The second-order valence-electron chi connectivity index (χ2n) is 5.76. The number of aryl methyl sites for hydroxylation is 1. The maximum absolute atomic E-state index is 12.3. The summed E-state index contributed by atoms with van der Waals surface area (Å²) in [4.78, 5) is 23.7. The minimum Gasteiger partial charge on any atom is -0.352 e. The molecule has 0 atom stereocenters. The zero-order valence-electron chi connectivity index (χ0n) is 14.5. The fraction of sp³-hybridized carbons (Fsp3) is 0.167. The fourth-order valence-corrected chi connectivity index (χ4v) is 3.27. The largest absolute Gasteiger partial charge is 0.352 e. The zero-order chi connectivity index (χ0) is 19.2. The second-order valence-corrected chi connectivity index (χ2v) is 6.77. The van der Waals surface area contributed by atoms with Gasteiger partial charge in [-0.1, -0.05) is 30.3 Å². The van der Waals surface area contributed by atoms with E-state index in [4.69, 9.17) is 0 Å². The number of nitro groups is 1. The van der Waals surface area contributed by atoms with Crippen molar-refractivity contribution >= 4 is 23.4 Å². The number of carbonyl (C=O) groups excluding carboxylic acids is 1. The van der Waals surface area contributed by atoms with Gasteiger partial charge in [0.25, 0.3) is 11.6 Å². The van der Waals surface area contributed by atoms with E-state index >= 15 is 0 Å². The van der Waals surface area contributed by atoms with Crippen molar-refractivity contribution in [3.63, 3.8) is 0 Å². The monoisotopic (exact) mass is 383 g/mol. The lowest BCUT2D eigenvalue weighted by Crippen LogP contribution is -2.25. The Morgan fingerprint density at radius 1 is 1.26 bits per heavy atom. The minimum absolute atomic E-state index is 0.140. The Morgan fingerprint density at radius 3 is 2.70 bits per heavy atom. The van der Waals surface area contributed by atoms with Gasteiger partial charge < -0.3 is 9.88 Å². The molecule has 0 unspecified atom stereocenters. The van der Waals surface area contributed by atoms with Crippen molar-refractivity contribution in [2.45, 2.75) is 16.5 Å². The molecule has 138 valence electrons. The van der Waals surface area contributed by atoms with E-state index in [0.29, 0.717) is 23.0 Å². The van der Waals surface area contributed by atoms with Gasteiger partial charge in [0.05, 0.1) is 9.82 Å². The summed E-state index contributed by atoms with van der Waals surface area (Å²) in [6.45, 7) is 0.450. The van der Waals surface area contributed by atoms with Gasteiger partial charge in [-0.3, -0.25) is 14.9 Å². The van der Waals surface area contributed by atoms with Crippen LogP contribution in [0.25, 0.3) is 0 Å². The van der Waals surface area contributed by atoms with Crippen molar-refractivity contribution in [1.29, 1.82) is 0 Å². The van der Waals surface area contributed by atoms with E-state index in [2.05, 4.69) is 15.5 Å².